The predicted octanol–water partition coefficient (Wildman–Crippen LogP) is 6.98. The number of fused-ring (bicyclic) bond motifs is 4. The van der Waals surface area contributed by atoms with Crippen LogP contribution in [0.2, 0.25) is 5.02 Å². The number of benzene rings is 2. The van der Waals surface area contributed by atoms with Crippen LogP contribution in [-0.4, -0.2) is 75.1 Å². The summed E-state index contributed by atoms with van der Waals surface area (Å²) < 4.78 is 24.7. The molecule has 3 saturated heterocycles. The number of amides is 2. The summed E-state index contributed by atoms with van der Waals surface area (Å²) in [6, 6.07) is 10.8. The molecule has 0 radical (unpaired) electrons. The molecule has 238 valence electrons. The fraction of sp³-hybridized carbons (Fsp3) is 0.412. The van der Waals surface area contributed by atoms with Crippen LogP contribution in [-0.2, 0) is 16.0 Å². The summed E-state index contributed by atoms with van der Waals surface area (Å²) in [5, 5.41) is 22.1. The van der Waals surface area contributed by atoms with Gasteiger partial charge in [-0.05, 0) is 67.8 Å². The lowest BCUT2D eigenvalue weighted by molar-refractivity contribution is -0.145. The molecule has 3 aliphatic heterocycles. The van der Waals surface area contributed by atoms with Crippen LogP contribution in [0.4, 0.5) is 9.18 Å². The van der Waals surface area contributed by atoms with Crippen LogP contribution in [0.1, 0.15) is 48.7 Å². The Morgan fingerprint density at radius 3 is 2.83 bits per heavy atom. The van der Waals surface area contributed by atoms with Crippen LogP contribution < -0.4 is 0 Å². The molecule has 12 heteroatoms. The highest BCUT2D eigenvalue weighted by Crippen LogP contribution is 2.53. The second-order valence-corrected chi connectivity index (χ2v) is 13.5. The molecule has 4 atom stereocenters. The number of hydrogen-bond acceptors (Lipinski definition) is 6. The van der Waals surface area contributed by atoms with Gasteiger partial charge in [-0.1, -0.05) is 23.7 Å². The van der Waals surface area contributed by atoms with E-state index in [1.165, 1.54) is 16.7 Å². The largest absolute Gasteiger partial charge is 0.465 e. The molecule has 2 amide bonds. The zero-order valence-corrected chi connectivity index (χ0v) is 27.3. The predicted molar refractivity (Wildman–Crippen MR) is 175 cm³/mol. The second-order valence-electron chi connectivity index (χ2n) is 12.3. The highest BCUT2D eigenvalue weighted by molar-refractivity contribution is 7.98. The highest BCUT2D eigenvalue weighted by atomic mass is 35.5. The van der Waals surface area contributed by atoms with Crippen LogP contribution in [0.5, 0.6) is 0 Å². The first-order valence-electron chi connectivity index (χ1n) is 15.4. The third-order valence-electron chi connectivity index (χ3n) is 10.0. The van der Waals surface area contributed by atoms with Crippen molar-refractivity contribution in [3.8, 4) is 17.2 Å². The molecule has 4 fully saturated rings. The zero-order chi connectivity index (χ0) is 32.4. The Morgan fingerprint density at radius 1 is 1.33 bits per heavy atom. The molecule has 2 aromatic carbocycles. The molecule has 1 N–H and O–H groups in total. The van der Waals surface area contributed by atoms with Gasteiger partial charge < -0.3 is 24.2 Å². The number of halogens is 2. The van der Waals surface area contributed by atoms with E-state index in [-0.39, 0.29) is 48.5 Å². The maximum Gasteiger partial charge on any atom is 0.407 e. The smallest absolute Gasteiger partial charge is 0.407 e. The normalized spacial score (nSPS) is 21.6. The van der Waals surface area contributed by atoms with Gasteiger partial charge >= 0.3 is 6.09 Å². The number of aromatic nitrogens is 2. The van der Waals surface area contributed by atoms with Gasteiger partial charge in [0.1, 0.15) is 17.1 Å². The Morgan fingerprint density at radius 2 is 2.13 bits per heavy atom. The van der Waals surface area contributed by atoms with E-state index in [0.717, 1.165) is 28.6 Å². The second kappa shape index (κ2) is 11.7. The average molecular weight is 662 g/mol. The quantitative estimate of drug-likeness (QED) is 0.213. The van der Waals surface area contributed by atoms with Gasteiger partial charge in [0.25, 0.3) is 0 Å². The van der Waals surface area contributed by atoms with Crippen molar-refractivity contribution in [3.05, 3.63) is 58.0 Å². The van der Waals surface area contributed by atoms with Crippen molar-refractivity contribution < 1.29 is 23.8 Å². The Bertz CT molecular complexity index is 1980. The number of nitriles is 1. The van der Waals surface area contributed by atoms with E-state index in [4.69, 9.17) is 21.3 Å². The van der Waals surface area contributed by atoms with Crippen LogP contribution in [0.15, 0.2) is 35.4 Å². The van der Waals surface area contributed by atoms with E-state index < -0.39 is 11.9 Å². The minimum absolute atomic E-state index is 0.00570. The number of nitrogens with zero attached hydrogens (tertiary/aromatic N) is 5. The Balaban J connectivity index is 1.55. The number of rotatable bonds is 7. The summed E-state index contributed by atoms with van der Waals surface area (Å²) in [4.78, 5) is 33.4. The number of thioether (sulfide) groups is 1. The SMILES string of the molecule is CSc1nc2c(F)c(-c3cccc(Cl)c3C)c(CCC#N)cc2c2c1cc([C@@H](C)N1CCOCC1=O)n2[C@H]1[C@@H]2C[C@H]1N(C(=O)O)C2. The molecular formula is C34H33ClFN5O4S. The van der Waals surface area contributed by atoms with Crippen molar-refractivity contribution in [2.75, 3.05) is 32.6 Å². The molecule has 2 bridgehead atoms. The lowest BCUT2D eigenvalue weighted by Crippen LogP contribution is -2.45. The molecule has 0 unspecified atom stereocenters. The molecule has 0 spiro atoms. The number of carbonyl (C=O) groups excluding carboxylic acids is 1. The molecule has 9 nitrogen and oxygen atoms in total. The highest BCUT2D eigenvalue weighted by Gasteiger charge is 2.56. The van der Waals surface area contributed by atoms with E-state index in [2.05, 4.69) is 10.6 Å². The Labute approximate surface area is 274 Å². The molecule has 1 saturated carbocycles. The number of carboxylic acid groups (broad SMARTS) is 1. The van der Waals surface area contributed by atoms with Crippen molar-refractivity contribution in [2.24, 2.45) is 5.92 Å². The molecule has 2 aromatic heterocycles. The molecule has 1 aliphatic carbocycles. The summed E-state index contributed by atoms with van der Waals surface area (Å²) >= 11 is 7.91. The molecule has 8 rings (SSSR count). The Kier molecular flexibility index (Phi) is 7.86. The van der Waals surface area contributed by atoms with Crippen molar-refractivity contribution in [3.63, 3.8) is 0 Å². The number of morpholine rings is 1. The first kappa shape index (κ1) is 30.8. The van der Waals surface area contributed by atoms with E-state index in [1.807, 2.05) is 38.3 Å². The maximum absolute atomic E-state index is 17.1. The van der Waals surface area contributed by atoms with Crippen molar-refractivity contribution >= 4 is 57.2 Å². The van der Waals surface area contributed by atoms with Gasteiger partial charge in [-0.3, -0.25) is 4.79 Å². The van der Waals surface area contributed by atoms with Gasteiger partial charge in [0.15, 0.2) is 5.82 Å². The topological polar surface area (TPSA) is 112 Å². The summed E-state index contributed by atoms with van der Waals surface area (Å²) in [6.07, 6.45) is 2.22. The fourth-order valence-electron chi connectivity index (χ4n) is 7.77. The minimum atomic E-state index is -0.952. The molecule has 46 heavy (non-hydrogen) atoms. The third kappa shape index (κ3) is 4.64. The van der Waals surface area contributed by atoms with Gasteiger partial charge in [0.2, 0.25) is 5.91 Å². The fourth-order valence-corrected chi connectivity index (χ4v) is 8.51. The number of pyridine rings is 1. The summed E-state index contributed by atoms with van der Waals surface area (Å²) in [6.45, 7) is 5.13. The average Bonchev–Trinajstić information content (AvgIpc) is 3.75. The van der Waals surface area contributed by atoms with E-state index >= 15 is 4.39 Å². The van der Waals surface area contributed by atoms with E-state index in [9.17, 15) is 20.0 Å². The third-order valence-corrected chi connectivity index (χ3v) is 11.1. The molecule has 4 aromatic rings. The van der Waals surface area contributed by atoms with Crippen LogP contribution in [0.3, 0.4) is 0 Å². The van der Waals surface area contributed by atoms with Gasteiger partial charge in [-0.25, -0.2) is 14.2 Å². The first-order valence-corrected chi connectivity index (χ1v) is 17.0. The van der Waals surface area contributed by atoms with Crippen LogP contribution in [0, 0.1) is 30.0 Å². The zero-order valence-electron chi connectivity index (χ0n) is 25.7. The lowest BCUT2D eigenvalue weighted by Gasteiger charge is -2.41. The number of ether oxygens (including phenoxy) is 1. The number of carbonyl (C=O) groups is 2. The van der Waals surface area contributed by atoms with Gasteiger partial charge in [0.05, 0.1) is 36.3 Å². The minimum Gasteiger partial charge on any atom is -0.465 e. The summed E-state index contributed by atoms with van der Waals surface area (Å²) in [5.41, 5.74) is 4.28. The van der Waals surface area contributed by atoms with Gasteiger partial charge in [0, 0.05) is 52.5 Å². The first-order chi connectivity index (χ1) is 22.2. The van der Waals surface area contributed by atoms with Crippen LogP contribution >= 0.6 is 23.4 Å². The number of hydrogen-bond donors (Lipinski definition) is 1. The molecule has 5 heterocycles. The Hall–Kier alpha value is -3.85. The molecular weight excluding hydrogens is 629 g/mol. The monoisotopic (exact) mass is 661 g/mol. The van der Waals surface area contributed by atoms with Crippen molar-refractivity contribution in [1.82, 2.24) is 19.4 Å². The van der Waals surface area contributed by atoms with Gasteiger partial charge in [-0.2, -0.15) is 5.26 Å². The molecule has 4 aliphatic rings. The lowest BCUT2D eigenvalue weighted by atomic mass is 9.79. The summed E-state index contributed by atoms with van der Waals surface area (Å²) in [7, 11) is 0. The van der Waals surface area contributed by atoms with E-state index in [1.54, 1.807) is 17.0 Å². The standard InChI is InChI=1S/C34H33ClFN5O4S/c1-17-21(7-4-8-24(17)35)28-19(6-5-9-37)12-22-30(29(28)36)38-33(46-3)23-14-25(18(2)39-10-11-45-16-27(39)42)41(32(22)23)31-20-13-26(31)40(15-20)34(43)44/h4,7-8,12,14,18,20,26,31H,5-6,10-11,13,15-16H2,1-3H3,(H,43,44)/t18-,20-,26-,31+/m1/s1. The van der Waals surface area contributed by atoms with Crippen molar-refractivity contribution in [1.29, 1.82) is 5.26 Å². The number of aryl methyl sites for hydroxylation is 1. The summed E-state index contributed by atoms with van der Waals surface area (Å²) in [5.74, 6) is -0.513. The van der Waals surface area contributed by atoms with Crippen LogP contribution in [0.25, 0.3) is 32.9 Å². The van der Waals surface area contributed by atoms with E-state index in [0.29, 0.717) is 58.2 Å². The maximum atomic E-state index is 17.1. The van der Waals surface area contributed by atoms with Gasteiger partial charge in [-0.15, -0.1) is 11.8 Å². The van der Waals surface area contributed by atoms with Crippen molar-refractivity contribution in [2.45, 2.75) is 56.3 Å².